The number of rotatable bonds is 8. The molecule has 0 atom stereocenters. The van der Waals surface area contributed by atoms with Gasteiger partial charge in [0.05, 0.1) is 34.5 Å². The molecule has 0 heterocycles. The van der Waals surface area contributed by atoms with E-state index in [1.54, 1.807) is 54.6 Å². The minimum atomic E-state index is -4.52. The summed E-state index contributed by atoms with van der Waals surface area (Å²) in [6.07, 6.45) is -3.43. The molecule has 38 heavy (non-hydrogen) atoms. The van der Waals surface area contributed by atoms with Crippen molar-refractivity contribution in [1.82, 2.24) is 5.43 Å². The molecule has 4 aromatic carbocycles. The van der Waals surface area contributed by atoms with E-state index in [-0.39, 0.29) is 28.3 Å². The summed E-state index contributed by atoms with van der Waals surface area (Å²) in [6.45, 7) is -0.0458. The van der Waals surface area contributed by atoms with E-state index in [9.17, 15) is 26.4 Å². The van der Waals surface area contributed by atoms with Gasteiger partial charge < -0.3 is 0 Å². The quantitative estimate of drug-likeness (QED) is 0.226. The Kier molecular flexibility index (Phi) is 7.92. The molecule has 0 aromatic heterocycles. The monoisotopic (exact) mass is 537 g/mol. The second-order valence-electron chi connectivity index (χ2n) is 8.15. The van der Waals surface area contributed by atoms with Gasteiger partial charge in [-0.05, 0) is 47.5 Å². The Morgan fingerprint density at radius 3 is 2.16 bits per heavy atom. The fourth-order valence-corrected chi connectivity index (χ4v) is 5.17. The van der Waals surface area contributed by atoms with Gasteiger partial charge in [0.15, 0.2) is 0 Å². The molecular formula is C28H22F3N3O3S. The Bertz CT molecular complexity index is 1540. The first-order chi connectivity index (χ1) is 18.2. The maximum atomic E-state index is 13.7. The highest BCUT2D eigenvalue weighted by atomic mass is 32.2. The zero-order valence-electron chi connectivity index (χ0n) is 19.8. The molecule has 0 fully saturated rings. The zero-order valence-corrected chi connectivity index (χ0v) is 20.7. The first-order valence-corrected chi connectivity index (χ1v) is 12.8. The van der Waals surface area contributed by atoms with E-state index in [0.717, 1.165) is 22.7 Å². The van der Waals surface area contributed by atoms with Crippen LogP contribution in [0.2, 0.25) is 0 Å². The Labute approximate surface area is 218 Å². The van der Waals surface area contributed by atoms with Crippen LogP contribution in [-0.2, 0) is 22.7 Å². The lowest BCUT2D eigenvalue weighted by Crippen LogP contribution is -2.33. The minimum Gasteiger partial charge on any atom is -0.267 e. The van der Waals surface area contributed by atoms with Gasteiger partial charge in [0.1, 0.15) is 0 Å². The topological polar surface area (TPSA) is 78.8 Å². The maximum Gasteiger partial charge on any atom is 0.416 e. The Morgan fingerprint density at radius 2 is 1.47 bits per heavy atom. The number of para-hydroxylation sites is 1. The molecule has 0 aliphatic carbocycles. The summed E-state index contributed by atoms with van der Waals surface area (Å²) < 4.78 is 67.4. The number of carbonyl (C=O) groups excluding carboxylic acids is 1. The van der Waals surface area contributed by atoms with Crippen LogP contribution in [0, 0.1) is 0 Å². The van der Waals surface area contributed by atoms with Crippen LogP contribution in [0.3, 0.4) is 0 Å². The van der Waals surface area contributed by atoms with Crippen LogP contribution in [0.4, 0.5) is 18.9 Å². The number of anilines is 1. The molecule has 4 rings (SSSR count). The second kappa shape index (κ2) is 11.3. The number of alkyl halides is 3. The molecule has 0 aliphatic heterocycles. The summed E-state index contributed by atoms with van der Waals surface area (Å²) >= 11 is 0. The van der Waals surface area contributed by atoms with Crippen LogP contribution < -0.4 is 9.73 Å². The Balaban J connectivity index is 1.66. The molecule has 194 valence electrons. The largest absolute Gasteiger partial charge is 0.416 e. The molecule has 10 heteroatoms. The predicted octanol–water partition coefficient (Wildman–Crippen LogP) is 5.86. The Morgan fingerprint density at radius 1 is 0.842 bits per heavy atom. The van der Waals surface area contributed by atoms with E-state index in [1.807, 2.05) is 6.07 Å². The van der Waals surface area contributed by atoms with Crippen molar-refractivity contribution in [2.75, 3.05) is 4.31 Å². The van der Waals surface area contributed by atoms with Gasteiger partial charge in [-0.15, -0.1) is 0 Å². The van der Waals surface area contributed by atoms with Gasteiger partial charge in [0.2, 0.25) is 0 Å². The van der Waals surface area contributed by atoms with E-state index in [2.05, 4.69) is 10.5 Å². The lowest BCUT2D eigenvalue weighted by Gasteiger charge is -2.26. The van der Waals surface area contributed by atoms with E-state index in [0.29, 0.717) is 5.56 Å². The molecule has 0 radical (unpaired) electrons. The first kappa shape index (κ1) is 26.6. The highest BCUT2D eigenvalue weighted by molar-refractivity contribution is 7.92. The lowest BCUT2D eigenvalue weighted by molar-refractivity contribution is -0.137. The van der Waals surface area contributed by atoms with Crippen molar-refractivity contribution in [2.24, 2.45) is 5.10 Å². The van der Waals surface area contributed by atoms with Gasteiger partial charge in [-0.1, -0.05) is 72.8 Å². The van der Waals surface area contributed by atoms with Crippen molar-refractivity contribution >= 4 is 27.8 Å². The van der Waals surface area contributed by atoms with Crippen LogP contribution in [0.1, 0.15) is 27.0 Å². The summed E-state index contributed by atoms with van der Waals surface area (Å²) in [4.78, 5) is 13.1. The summed E-state index contributed by atoms with van der Waals surface area (Å²) in [5.41, 5.74) is 2.40. The molecule has 0 saturated heterocycles. The van der Waals surface area contributed by atoms with Crippen LogP contribution in [0.15, 0.2) is 119 Å². The van der Waals surface area contributed by atoms with Crippen LogP contribution in [-0.4, -0.2) is 20.5 Å². The predicted molar refractivity (Wildman–Crippen MR) is 139 cm³/mol. The lowest BCUT2D eigenvalue weighted by atomic mass is 10.1. The standard InChI is InChI=1S/C28H22F3N3O3S/c29-28(30,31)23-13-9-12-22(18-23)19-32-33-27(35)25-16-7-8-17-26(25)34(20-21-10-3-1-4-11-21)38(36,37)24-14-5-2-6-15-24/h1-19H,20H2,(H,33,35)/b32-19-. The number of carbonyl (C=O) groups is 1. The zero-order chi connectivity index (χ0) is 27.2. The van der Waals surface area contributed by atoms with E-state index in [1.165, 1.54) is 36.4 Å². The molecule has 0 saturated carbocycles. The average Bonchev–Trinajstić information content (AvgIpc) is 2.92. The number of nitrogens with zero attached hydrogens (tertiary/aromatic N) is 2. The van der Waals surface area contributed by atoms with Gasteiger partial charge in [-0.25, -0.2) is 13.8 Å². The smallest absolute Gasteiger partial charge is 0.267 e. The number of halogens is 3. The van der Waals surface area contributed by atoms with Crippen molar-refractivity contribution in [1.29, 1.82) is 0 Å². The Hall–Kier alpha value is -4.44. The molecular weight excluding hydrogens is 515 g/mol. The van der Waals surface area contributed by atoms with E-state index < -0.39 is 27.7 Å². The number of nitrogens with one attached hydrogen (secondary N) is 1. The van der Waals surface area contributed by atoms with E-state index >= 15 is 0 Å². The second-order valence-corrected chi connectivity index (χ2v) is 10.0. The molecule has 0 bridgehead atoms. The van der Waals surface area contributed by atoms with Crippen LogP contribution in [0.5, 0.6) is 0 Å². The fraction of sp³-hybridized carbons (Fsp3) is 0.0714. The van der Waals surface area contributed by atoms with Gasteiger partial charge in [-0.3, -0.25) is 9.10 Å². The number of hydrogen-bond acceptors (Lipinski definition) is 4. The van der Waals surface area contributed by atoms with E-state index in [4.69, 9.17) is 0 Å². The maximum absolute atomic E-state index is 13.7. The van der Waals surface area contributed by atoms with Gasteiger partial charge >= 0.3 is 6.18 Å². The summed E-state index contributed by atoms with van der Waals surface area (Å²) in [7, 11) is -4.08. The van der Waals surface area contributed by atoms with Crippen molar-refractivity contribution < 1.29 is 26.4 Å². The van der Waals surface area contributed by atoms with Gasteiger partial charge in [0, 0.05) is 0 Å². The summed E-state index contributed by atoms with van der Waals surface area (Å²) in [5.74, 6) is -0.731. The molecule has 0 aliphatic rings. The summed E-state index contributed by atoms with van der Waals surface area (Å²) in [6, 6.07) is 27.4. The molecule has 0 unspecified atom stereocenters. The third-order valence-electron chi connectivity index (χ3n) is 5.51. The third kappa shape index (κ3) is 6.27. The van der Waals surface area contributed by atoms with Crippen molar-refractivity contribution in [3.05, 3.63) is 131 Å². The third-order valence-corrected chi connectivity index (χ3v) is 7.29. The highest BCUT2D eigenvalue weighted by Gasteiger charge is 2.30. The number of hydrogen-bond donors (Lipinski definition) is 1. The molecule has 1 N–H and O–H groups in total. The molecule has 4 aromatic rings. The average molecular weight is 538 g/mol. The number of hydrazone groups is 1. The molecule has 0 spiro atoms. The fourth-order valence-electron chi connectivity index (χ4n) is 3.67. The number of benzene rings is 4. The minimum absolute atomic E-state index is 0.0177. The summed E-state index contributed by atoms with van der Waals surface area (Å²) in [5, 5.41) is 3.79. The van der Waals surface area contributed by atoms with Crippen molar-refractivity contribution in [2.45, 2.75) is 17.6 Å². The molecule has 6 nitrogen and oxygen atoms in total. The van der Waals surface area contributed by atoms with Gasteiger partial charge in [-0.2, -0.15) is 18.3 Å². The first-order valence-electron chi connectivity index (χ1n) is 11.4. The SMILES string of the molecule is O=C(N/N=C\c1cccc(C(F)(F)F)c1)c1ccccc1N(Cc1ccccc1)S(=O)(=O)c1ccccc1. The number of amides is 1. The van der Waals surface area contributed by atoms with Gasteiger partial charge in [0.25, 0.3) is 15.9 Å². The number of sulfonamides is 1. The normalized spacial score (nSPS) is 11.9. The van der Waals surface area contributed by atoms with Crippen LogP contribution in [0.25, 0.3) is 0 Å². The van der Waals surface area contributed by atoms with Crippen molar-refractivity contribution in [3.63, 3.8) is 0 Å². The van der Waals surface area contributed by atoms with Crippen molar-refractivity contribution in [3.8, 4) is 0 Å². The van der Waals surface area contributed by atoms with Crippen LogP contribution >= 0.6 is 0 Å². The highest BCUT2D eigenvalue weighted by Crippen LogP contribution is 2.30. The molecule has 1 amide bonds.